The molecular weight excluding hydrogens is 390 g/mol. The van der Waals surface area contributed by atoms with E-state index < -0.39 is 6.10 Å². The summed E-state index contributed by atoms with van der Waals surface area (Å²) in [5.74, 6) is 0.891. The second kappa shape index (κ2) is 7.68. The topological polar surface area (TPSA) is 95.5 Å². The van der Waals surface area contributed by atoms with Crippen LogP contribution in [0.1, 0.15) is 23.3 Å². The predicted molar refractivity (Wildman–Crippen MR) is 100 cm³/mol. The minimum absolute atomic E-state index is 0.267. The Balaban J connectivity index is 1.72. The normalized spacial score (nSPS) is 12.5. The van der Waals surface area contributed by atoms with Gasteiger partial charge in [0.15, 0.2) is 0 Å². The highest BCUT2D eigenvalue weighted by Gasteiger charge is 2.24. The molecule has 0 saturated carbocycles. The van der Waals surface area contributed by atoms with Crippen molar-refractivity contribution in [3.8, 4) is 5.75 Å². The van der Waals surface area contributed by atoms with Crippen LogP contribution in [0.25, 0.3) is 10.2 Å². The van der Waals surface area contributed by atoms with Crippen molar-refractivity contribution in [3.05, 3.63) is 64.5 Å². The van der Waals surface area contributed by atoms with Gasteiger partial charge >= 0.3 is 0 Å². The molecule has 0 radical (unpaired) electrons. The number of halogens is 1. The van der Waals surface area contributed by atoms with Crippen LogP contribution < -0.4 is 4.74 Å². The monoisotopic (exact) mass is 401 g/mol. The third kappa shape index (κ3) is 3.74. The van der Waals surface area contributed by atoms with Gasteiger partial charge in [0.1, 0.15) is 12.9 Å². The molecular formula is C17H12ClN5O3S. The van der Waals surface area contributed by atoms with Crippen LogP contribution in [-0.4, -0.2) is 33.5 Å². The average molecular weight is 402 g/mol. The molecule has 1 atom stereocenters. The number of rotatable bonds is 6. The number of thiazole rings is 1. The molecule has 3 heterocycles. The fraction of sp³-hybridized carbons (Fsp3) is 0.118. The van der Waals surface area contributed by atoms with Crippen molar-refractivity contribution < 1.29 is 14.0 Å². The molecule has 1 aromatic carbocycles. The Bertz CT molecular complexity index is 1080. The van der Waals surface area contributed by atoms with Crippen LogP contribution in [0.15, 0.2) is 51.9 Å². The molecule has 4 rings (SSSR count). The lowest BCUT2D eigenvalue weighted by atomic mass is 10.1. The maximum atomic E-state index is 6.17. The highest BCUT2D eigenvalue weighted by Crippen LogP contribution is 2.30. The van der Waals surface area contributed by atoms with E-state index >= 15 is 0 Å². The van der Waals surface area contributed by atoms with Gasteiger partial charge in [-0.25, -0.2) is 4.98 Å². The summed E-state index contributed by atoms with van der Waals surface area (Å²) >= 11 is 7.70. The maximum absolute atomic E-state index is 6.17. The molecule has 0 saturated heterocycles. The highest BCUT2D eigenvalue weighted by molar-refractivity contribution is 7.16. The number of ether oxygens (including phenoxy) is 1. The van der Waals surface area contributed by atoms with E-state index in [1.54, 1.807) is 11.6 Å². The van der Waals surface area contributed by atoms with Crippen molar-refractivity contribution >= 4 is 39.4 Å². The summed E-state index contributed by atoms with van der Waals surface area (Å²) in [7, 11) is 1.45. The Labute approximate surface area is 162 Å². The van der Waals surface area contributed by atoms with Crippen LogP contribution in [0.2, 0.25) is 5.02 Å². The molecule has 1 unspecified atom stereocenters. The number of aromatic nitrogens is 4. The summed E-state index contributed by atoms with van der Waals surface area (Å²) in [6, 6.07) is 7.34. The van der Waals surface area contributed by atoms with Crippen LogP contribution in [0.4, 0.5) is 0 Å². The number of hydrogen-bond donors (Lipinski definition) is 0. The van der Waals surface area contributed by atoms with E-state index in [1.807, 2.05) is 18.2 Å². The summed E-state index contributed by atoms with van der Waals surface area (Å²) in [4.78, 5) is 13.3. The Morgan fingerprint density at radius 3 is 3.04 bits per heavy atom. The first-order chi connectivity index (χ1) is 13.2. The van der Waals surface area contributed by atoms with Gasteiger partial charge in [0.05, 0.1) is 32.7 Å². The first-order valence-corrected chi connectivity index (χ1v) is 8.98. The summed E-state index contributed by atoms with van der Waals surface area (Å²) < 4.78 is 12.5. The van der Waals surface area contributed by atoms with Crippen LogP contribution in [0, 0.1) is 0 Å². The highest BCUT2D eigenvalue weighted by atomic mass is 35.5. The molecule has 10 heteroatoms. The van der Waals surface area contributed by atoms with Gasteiger partial charge in [0, 0.05) is 11.8 Å². The summed E-state index contributed by atoms with van der Waals surface area (Å²) in [6.07, 6.45) is 3.51. The van der Waals surface area contributed by atoms with Crippen LogP contribution in [0.5, 0.6) is 5.75 Å². The molecule has 4 aromatic rings. The van der Waals surface area contributed by atoms with E-state index in [9.17, 15) is 0 Å². The third-order valence-corrected chi connectivity index (χ3v) is 4.74. The van der Waals surface area contributed by atoms with Gasteiger partial charge in [-0.2, -0.15) is 0 Å². The van der Waals surface area contributed by atoms with Crippen molar-refractivity contribution in [2.45, 2.75) is 6.10 Å². The molecule has 0 spiro atoms. The van der Waals surface area contributed by atoms with Gasteiger partial charge < -0.3 is 14.0 Å². The number of fused-ring (bicyclic) bond motifs is 1. The molecule has 0 bridgehead atoms. The van der Waals surface area contributed by atoms with Crippen LogP contribution >= 0.6 is 22.9 Å². The second-order valence-corrected chi connectivity index (χ2v) is 6.60. The lowest BCUT2D eigenvalue weighted by Gasteiger charge is -2.16. The Morgan fingerprint density at radius 1 is 1.30 bits per heavy atom. The zero-order valence-electron chi connectivity index (χ0n) is 13.9. The first kappa shape index (κ1) is 17.4. The zero-order chi connectivity index (χ0) is 18.6. The number of benzene rings is 1. The Kier molecular flexibility index (Phi) is 4.95. The van der Waals surface area contributed by atoms with Gasteiger partial charge in [-0.1, -0.05) is 16.8 Å². The van der Waals surface area contributed by atoms with Gasteiger partial charge in [0.25, 0.3) is 5.89 Å². The predicted octanol–water partition coefficient (Wildman–Crippen LogP) is 3.88. The lowest BCUT2D eigenvalue weighted by molar-refractivity contribution is 0.203. The molecule has 3 aromatic heterocycles. The van der Waals surface area contributed by atoms with Crippen molar-refractivity contribution in [3.63, 3.8) is 0 Å². The van der Waals surface area contributed by atoms with E-state index in [1.165, 1.54) is 37.3 Å². The molecule has 27 heavy (non-hydrogen) atoms. The van der Waals surface area contributed by atoms with Crippen molar-refractivity contribution in [1.29, 1.82) is 0 Å². The molecule has 0 amide bonds. The smallest absolute Gasteiger partial charge is 0.263 e. The number of oxime groups is 1. The molecule has 0 N–H and O–H groups in total. The van der Waals surface area contributed by atoms with Crippen molar-refractivity contribution in [2.24, 2.45) is 5.16 Å². The quantitative estimate of drug-likeness (QED) is 0.357. The summed E-state index contributed by atoms with van der Waals surface area (Å²) in [6.45, 7) is 0. The minimum Gasteiger partial charge on any atom is -0.474 e. The van der Waals surface area contributed by atoms with E-state index in [4.69, 9.17) is 25.6 Å². The third-order valence-electron chi connectivity index (χ3n) is 3.63. The molecule has 0 fully saturated rings. The number of pyridine rings is 1. The first-order valence-electron chi connectivity index (χ1n) is 7.72. The Morgan fingerprint density at radius 2 is 2.22 bits per heavy atom. The van der Waals surface area contributed by atoms with Crippen LogP contribution in [0.3, 0.4) is 0 Å². The fourth-order valence-corrected chi connectivity index (χ4v) is 3.26. The minimum atomic E-state index is -0.718. The molecule has 8 nitrogen and oxygen atoms in total. The average Bonchev–Trinajstić information content (AvgIpc) is 3.37. The second-order valence-electron chi connectivity index (χ2n) is 5.30. The lowest BCUT2D eigenvalue weighted by Crippen LogP contribution is -2.12. The Hall–Kier alpha value is -3.04. The molecule has 0 aliphatic carbocycles. The molecule has 136 valence electrons. The fourth-order valence-electron chi connectivity index (χ4n) is 2.40. The molecule has 0 aliphatic rings. The van der Waals surface area contributed by atoms with Gasteiger partial charge in [-0.05, 0) is 24.3 Å². The maximum Gasteiger partial charge on any atom is 0.263 e. The summed E-state index contributed by atoms with van der Waals surface area (Å²) in [5, 5.41) is 11.9. The standard InChI is InChI=1S/C17H12ClN5O3S/c1-24-22-6-10-4-14(19-7-12(10)18)16(17-23-21-8-25-17)26-11-2-3-13-15(5-11)27-9-20-13/h2-9,16H,1H3/b22-6+. The number of hydrogen-bond acceptors (Lipinski definition) is 9. The van der Waals surface area contributed by atoms with E-state index in [0.29, 0.717) is 22.0 Å². The van der Waals surface area contributed by atoms with E-state index in [2.05, 4.69) is 25.3 Å². The zero-order valence-corrected chi connectivity index (χ0v) is 15.5. The van der Waals surface area contributed by atoms with Crippen molar-refractivity contribution in [2.75, 3.05) is 7.11 Å². The van der Waals surface area contributed by atoms with E-state index in [-0.39, 0.29) is 5.89 Å². The summed E-state index contributed by atoms with van der Waals surface area (Å²) in [5.41, 5.74) is 3.84. The van der Waals surface area contributed by atoms with Gasteiger partial charge in [-0.15, -0.1) is 21.5 Å². The number of nitrogens with zero attached hydrogens (tertiary/aromatic N) is 5. The van der Waals surface area contributed by atoms with Crippen LogP contribution in [-0.2, 0) is 4.84 Å². The van der Waals surface area contributed by atoms with E-state index in [0.717, 1.165) is 10.2 Å². The largest absolute Gasteiger partial charge is 0.474 e. The van der Waals surface area contributed by atoms with Gasteiger partial charge in [-0.3, -0.25) is 4.98 Å². The SMILES string of the molecule is CO/N=C/c1cc(C(Oc2ccc3ncsc3c2)c2nnco2)ncc1Cl. The van der Waals surface area contributed by atoms with Crippen molar-refractivity contribution in [1.82, 2.24) is 20.2 Å². The van der Waals surface area contributed by atoms with Gasteiger partial charge in [0.2, 0.25) is 12.5 Å². The molecule has 0 aliphatic heterocycles.